The zero-order valence-corrected chi connectivity index (χ0v) is 11.3. The zero-order chi connectivity index (χ0) is 14.2. The summed E-state index contributed by atoms with van der Waals surface area (Å²) >= 11 is 0. The standard InChI is InChI=1S/C11H15N3O4S/c1-8-2-3-10(6-11(8)14(15)16)19(17,18)13-5-4-9(12)7-13/h2-3,6,9H,4-5,7,12H2,1H3. The lowest BCUT2D eigenvalue weighted by Gasteiger charge is -2.15. The summed E-state index contributed by atoms with van der Waals surface area (Å²) < 4.78 is 25.9. The van der Waals surface area contributed by atoms with Crippen molar-refractivity contribution in [2.24, 2.45) is 5.73 Å². The van der Waals surface area contributed by atoms with Crippen LogP contribution in [0.3, 0.4) is 0 Å². The number of hydrogen-bond acceptors (Lipinski definition) is 5. The van der Waals surface area contributed by atoms with Gasteiger partial charge in [0.1, 0.15) is 0 Å². The van der Waals surface area contributed by atoms with Gasteiger partial charge in [-0.05, 0) is 19.4 Å². The average molecular weight is 285 g/mol. The van der Waals surface area contributed by atoms with E-state index in [1.54, 1.807) is 6.92 Å². The highest BCUT2D eigenvalue weighted by molar-refractivity contribution is 7.89. The maximum atomic E-state index is 12.3. The van der Waals surface area contributed by atoms with Crippen LogP contribution in [-0.4, -0.2) is 36.8 Å². The third kappa shape index (κ3) is 2.60. The monoisotopic (exact) mass is 285 g/mol. The number of sulfonamides is 1. The van der Waals surface area contributed by atoms with Gasteiger partial charge in [-0.15, -0.1) is 0 Å². The van der Waals surface area contributed by atoms with Gasteiger partial charge in [0.15, 0.2) is 0 Å². The molecule has 1 aliphatic rings. The van der Waals surface area contributed by atoms with Crippen LogP contribution < -0.4 is 5.73 Å². The molecule has 1 aliphatic heterocycles. The molecule has 0 aromatic heterocycles. The first-order chi connectivity index (χ1) is 8.82. The summed E-state index contributed by atoms with van der Waals surface area (Å²) in [5.41, 5.74) is 5.93. The number of aryl methyl sites for hydroxylation is 1. The summed E-state index contributed by atoms with van der Waals surface area (Å²) in [5, 5.41) is 10.9. The Bertz CT molecular complexity index is 614. The van der Waals surface area contributed by atoms with Gasteiger partial charge in [0.25, 0.3) is 5.69 Å². The van der Waals surface area contributed by atoms with E-state index < -0.39 is 14.9 Å². The molecule has 0 aliphatic carbocycles. The molecule has 1 heterocycles. The Kier molecular flexibility index (Phi) is 3.57. The van der Waals surface area contributed by atoms with Crippen molar-refractivity contribution in [1.82, 2.24) is 4.31 Å². The Morgan fingerprint density at radius 3 is 2.68 bits per heavy atom. The highest BCUT2D eigenvalue weighted by Crippen LogP contribution is 2.26. The van der Waals surface area contributed by atoms with E-state index in [0.29, 0.717) is 18.5 Å². The Hall–Kier alpha value is -1.51. The van der Waals surface area contributed by atoms with E-state index in [0.717, 1.165) is 6.07 Å². The lowest BCUT2D eigenvalue weighted by atomic mass is 10.2. The number of nitrogens with zero attached hydrogens (tertiary/aromatic N) is 2. The molecule has 0 amide bonds. The average Bonchev–Trinajstić information content (AvgIpc) is 2.76. The summed E-state index contributed by atoms with van der Waals surface area (Å²) in [6.07, 6.45) is 0.604. The van der Waals surface area contributed by atoms with Crippen LogP contribution in [0.4, 0.5) is 5.69 Å². The molecule has 0 saturated carbocycles. The molecule has 2 rings (SSSR count). The number of rotatable bonds is 3. The molecule has 1 fully saturated rings. The van der Waals surface area contributed by atoms with Gasteiger partial charge >= 0.3 is 0 Å². The number of benzene rings is 1. The number of nitro benzene ring substituents is 1. The van der Waals surface area contributed by atoms with E-state index in [-0.39, 0.29) is 23.2 Å². The molecular weight excluding hydrogens is 270 g/mol. The van der Waals surface area contributed by atoms with Gasteiger partial charge in [-0.2, -0.15) is 4.31 Å². The van der Waals surface area contributed by atoms with Gasteiger partial charge in [-0.25, -0.2) is 8.42 Å². The second kappa shape index (κ2) is 4.87. The second-order valence-electron chi connectivity index (χ2n) is 4.62. The summed E-state index contributed by atoms with van der Waals surface area (Å²) in [6.45, 7) is 2.18. The topological polar surface area (TPSA) is 107 Å². The molecule has 1 aromatic rings. The Morgan fingerprint density at radius 2 is 2.16 bits per heavy atom. The van der Waals surface area contributed by atoms with Crippen molar-refractivity contribution in [2.45, 2.75) is 24.3 Å². The van der Waals surface area contributed by atoms with E-state index in [4.69, 9.17) is 5.73 Å². The lowest BCUT2D eigenvalue weighted by molar-refractivity contribution is -0.385. The normalized spacial score (nSPS) is 20.6. The summed E-state index contributed by atoms with van der Waals surface area (Å²) in [5.74, 6) is 0. The van der Waals surface area contributed by atoms with Gasteiger partial charge in [-0.3, -0.25) is 10.1 Å². The smallest absolute Gasteiger partial charge is 0.273 e. The molecule has 7 nitrogen and oxygen atoms in total. The van der Waals surface area contributed by atoms with Gasteiger partial charge in [0.05, 0.1) is 9.82 Å². The van der Waals surface area contributed by atoms with Crippen molar-refractivity contribution in [3.8, 4) is 0 Å². The number of hydrogen-bond donors (Lipinski definition) is 1. The second-order valence-corrected chi connectivity index (χ2v) is 6.56. The van der Waals surface area contributed by atoms with E-state index in [1.165, 1.54) is 16.4 Å². The van der Waals surface area contributed by atoms with E-state index in [1.807, 2.05) is 0 Å². The Labute approximate surface area is 111 Å². The predicted octanol–water partition coefficient (Wildman–Crippen LogP) is 0.625. The van der Waals surface area contributed by atoms with Gasteiger partial charge < -0.3 is 5.73 Å². The maximum Gasteiger partial charge on any atom is 0.273 e. The van der Waals surface area contributed by atoms with Gasteiger partial charge in [0, 0.05) is 30.8 Å². The van der Waals surface area contributed by atoms with Crippen LogP contribution in [0.2, 0.25) is 0 Å². The number of nitro groups is 1. The van der Waals surface area contributed by atoms with E-state index in [9.17, 15) is 18.5 Å². The molecule has 0 radical (unpaired) electrons. The molecule has 19 heavy (non-hydrogen) atoms. The van der Waals surface area contributed by atoms with Crippen molar-refractivity contribution < 1.29 is 13.3 Å². The maximum absolute atomic E-state index is 12.3. The highest BCUT2D eigenvalue weighted by atomic mass is 32.2. The summed E-state index contributed by atoms with van der Waals surface area (Å²) in [7, 11) is -3.70. The molecule has 1 atom stereocenters. The zero-order valence-electron chi connectivity index (χ0n) is 10.4. The van der Waals surface area contributed by atoms with E-state index in [2.05, 4.69) is 0 Å². The predicted molar refractivity (Wildman–Crippen MR) is 69.2 cm³/mol. The van der Waals surface area contributed by atoms with Crippen molar-refractivity contribution in [1.29, 1.82) is 0 Å². The third-order valence-corrected chi connectivity index (χ3v) is 5.06. The minimum atomic E-state index is -3.70. The fourth-order valence-electron chi connectivity index (χ4n) is 2.07. The molecule has 1 saturated heterocycles. The summed E-state index contributed by atoms with van der Waals surface area (Å²) in [4.78, 5) is 10.2. The van der Waals surface area contributed by atoms with Gasteiger partial charge in [0.2, 0.25) is 10.0 Å². The van der Waals surface area contributed by atoms with Crippen LogP contribution in [0.5, 0.6) is 0 Å². The van der Waals surface area contributed by atoms with Crippen LogP contribution in [0.15, 0.2) is 23.1 Å². The largest absolute Gasteiger partial charge is 0.326 e. The van der Waals surface area contributed by atoms with Crippen LogP contribution in [0.25, 0.3) is 0 Å². The van der Waals surface area contributed by atoms with Crippen molar-refractivity contribution in [3.05, 3.63) is 33.9 Å². The molecule has 0 bridgehead atoms. The summed E-state index contributed by atoms with van der Waals surface area (Å²) in [6, 6.07) is 3.77. The minimum absolute atomic E-state index is 0.0566. The van der Waals surface area contributed by atoms with Crippen molar-refractivity contribution >= 4 is 15.7 Å². The van der Waals surface area contributed by atoms with Crippen molar-refractivity contribution in [3.63, 3.8) is 0 Å². The first-order valence-corrected chi connectivity index (χ1v) is 7.27. The molecular formula is C11H15N3O4S. The first-order valence-electron chi connectivity index (χ1n) is 5.83. The van der Waals surface area contributed by atoms with Crippen LogP contribution in [0.1, 0.15) is 12.0 Å². The molecule has 1 unspecified atom stereocenters. The molecule has 1 aromatic carbocycles. The molecule has 2 N–H and O–H groups in total. The minimum Gasteiger partial charge on any atom is -0.326 e. The fraction of sp³-hybridized carbons (Fsp3) is 0.455. The molecule has 0 spiro atoms. The highest BCUT2D eigenvalue weighted by Gasteiger charge is 2.32. The lowest BCUT2D eigenvalue weighted by Crippen LogP contribution is -2.32. The fourth-order valence-corrected chi connectivity index (χ4v) is 3.60. The van der Waals surface area contributed by atoms with Crippen molar-refractivity contribution in [2.75, 3.05) is 13.1 Å². The van der Waals surface area contributed by atoms with Crippen LogP contribution in [-0.2, 0) is 10.0 Å². The third-order valence-electron chi connectivity index (χ3n) is 3.20. The molecule has 8 heteroatoms. The Balaban J connectivity index is 2.41. The van der Waals surface area contributed by atoms with Gasteiger partial charge in [-0.1, -0.05) is 6.07 Å². The SMILES string of the molecule is Cc1ccc(S(=O)(=O)N2CCC(N)C2)cc1[N+](=O)[O-]. The molecule has 104 valence electrons. The Morgan fingerprint density at radius 1 is 1.47 bits per heavy atom. The first kappa shape index (κ1) is 13.9. The van der Waals surface area contributed by atoms with Crippen LogP contribution in [0, 0.1) is 17.0 Å². The quantitative estimate of drug-likeness (QED) is 0.647. The van der Waals surface area contributed by atoms with Crippen LogP contribution >= 0.6 is 0 Å². The van der Waals surface area contributed by atoms with E-state index >= 15 is 0 Å². The number of nitrogens with two attached hydrogens (primary N) is 1.